The van der Waals surface area contributed by atoms with Gasteiger partial charge in [-0.25, -0.2) is 0 Å². The van der Waals surface area contributed by atoms with Gasteiger partial charge in [-0.05, 0) is 30.0 Å². The Balaban J connectivity index is 1.72. The van der Waals surface area contributed by atoms with Gasteiger partial charge in [-0.3, -0.25) is 4.90 Å². The SMILES string of the molecule is COc1ccc(CN2C[C@@H]3CCOC[C@]3(CO)C2)cc1OC. The minimum Gasteiger partial charge on any atom is -0.493 e. The monoisotopic (exact) mass is 307 g/mol. The normalized spacial score (nSPS) is 28.4. The summed E-state index contributed by atoms with van der Waals surface area (Å²) in [6.07, 6.45) is 1.04. The number of aliphatic hydroxyl groups excluding tert-OH is 1. The van der Waals surface area contributed by atoms with E-state index < -0.39 is 0 Å². The van der Waals surface area contributed by atoms with Gasteiger partial charge in [0, 0.05) is 31.7 Å². The zero-order valence-electron chi connectivity index (χ0n) is 13.4. The van der Waals surface area contributed by atoms with Gasteiger partial charge in [-0.1, -0.05) is 6.07 Å². The number of fused-ring (bicyclic) bond motifs is 1. The Bertz CT molecular complexity index is 521. The highest BCUT2D eigenvalue weighted by Crippen LogP contribution is 2.41. The van der Waals surface area contributed by atoms with E-state index in [1.807, 2.05) is 12.1 Å². The topological polar surface area (TPSA) is 51.2 Å². The van der Waals surface area contributed by atoms with Crippen LogP contribution in [-0.2, 0) is 11.3 Å². The standard InChI is InChI=1S/C17H25NO4/c1-20-15-4-3-13(7-16(15)21-2)8-18-9-14-5-6-22-12-17(14,10-18)11-19/h3-4,7,14,19H,5-6,8-12H2,1-2H3/t14-,17+/m0/s1. The van der Waals surface area contributed by atoms with E-state index >= 15 is 0 Å². The molecule has 0 radical (unpaired) electrons. The van der Waals surface area contributed by atoms with Crippen molar-refractivity contribution in [3.05, 3.63) is 23.8 Å². The Hall–Kier alpha value is -1.30. The lowest BCUT2D eigenvalue weighted by Crippen LogP contribution is -2.42. The van der Waals surface area contributed by atoms with E-state index in [4.69, 9.17) is 14.2 Å². The highest BCUT2D eigenvalue weighted by Gasteiger charge is 2.47. The largest absolute Gasteiger partial charge is 0.493 e. The van der Waals surface area contributed by atoms with Crippen molar-refractivity contribution in [3.8, 4) is 11.5 Å². The first-order valence-corrected chi connectivity index (χ1v) is 7.82. The molecule has 0 bridgehead atoms. The second-order valence-electron chi connectivity index (χ2n) is 6.42. The minimum atomic E-state index is -0.0746. The van der Waals surface area contributed by atoms with Crippen LogP contribution >= 0.6 is 0 Å². The van der Waals surface area contributed by atoms with Crippen LogP contribution in [0.3, 0.4) is 0 Å². The summed E-state index contributed by atoms with van der Waals surface area (Å²) in [7, 11) is 3.30. The summed E-state index contributed by atoms with van der Waals surface area (Å²) in [5.41, 5.74) is 1.12. The van der Waals surface area contributed by atoms with Crippen LogP contribution in [0.15, 0.2) is 18.2 Å². The Kier molecular flexibility index (Phi) is 4.57. The van der Waals surface area contributed by atoms with Gasteiger partial charge < -0.3 is 19.3 Å². The Morgan fingerprint density at radius 3 is 2.82 bits per heavy atom. The van der Waals surface area contributed by atoms with Gasteiger partial charge in [0.05, 0.1) is 27.4 Å². The number of methoxy groups -OCH3 is 2. The number of hydrogen-bond acceptors (Lipinski definition) is 5. The molecule has 2 heterocycles. The lowest BCUT2D eigenvalue weighted by Gasteiger charge is -2.36. The van der Waals surface area contributed by atoms with Gasteiger partial charge in [-0.15, -0.1) is 0 Å². The zero-order chi connectivity index (χ0) is 15.6. The fraction of sp³-hybridized carbons (Fsp3) is 0.647. The fourth-order valence-electron chi connectivity index (χ4n) is 3.79. The highest BCUT2D eigenvalue weighted by atomic mass is 16.5. The molecule has 3 rings (SSSR count). The molecule has 2 aliphatic heterocycles. The third-order valence-corrected chi connectivity index (χ3v) is 5.05. The summed E-state index contributed by atoms with van der Waals surface area (Å²) in [6, 6.07) is 6.05. The summed E-state index contributed by atoms with van der Waals surface area (Å²) >= 11 is 0. The third-order valence-electron chi connectivity index (χ3n) is 5.05. The van der Waals surface area contributed by atoms with Crippen molar-refractivity contribution in [3.63, 3.8) is 0 Å². The Labute approximate surface area is 131 Å². The Morgan fingerprint density at radius 1 is 1.32 bits per heavy atom. The molecule has 1 aromatic rings. The third kappa shape index (κ3) is 2.81. The summed E-state index contributed by atoms with van der Waals surface area (Å²) < 4.78 is 16.3. The first kappa shape index (κ1) is 15.6. The van der Waals surface area contributed by atoms with Crippen LogP contribution in [0.2, 0.25) is 0 Å². The first-order valence-electron chi connectivity index (χ1n) is 7.82. The van der Waals surface area contributed by atoms with Gasteiger partial charge >= 0.3 is 0 Å². The molecule has 5 nitrogen and oxygen atoms in total. The van der Waals surface area contributed by atoms with Gasteiger partial charge in [0.2, 0.25) is 0 Å². The summed E-state index contributed by atoms with van der Waals surface area (Å²) in [5.74, 6) is 2.05. The van der Waals surface area contributed by atoms with Crippen molar-refractivity contribution in [2.24, 2.45) is 11.3 Å². The fourth-order valence-corrected chi connectivity index (χ4v) is 3.79. The maximum atomic E-state index is 9.84. The molecule has 0 unspecified atom stereocenters. The van der Waals surface area contributed by atoms with Crippen molar-refractivity contribution in [2.75, 3.05) is 47.1 Å². The van der Waals surface area contributed by atoms with Crippen molar-refractivity contribution in [1.29, 1.82) is 0 Å². The maximum absolute atomic E-state index is 9.84. The zero-order valence-corrected chi connectivity index (χ0v) is 13.4. The number of nitrogens with zero attached hydrogens (tertiary/aromatic N) is 1. The molecular weight excluding hydrogens is 282 g/mol. The Morgan fingerprint density at radius 2 is 2.14 bits per heavy atom. The van der Waals surface area contributed by atoms with E-state index in [0.717, 1.165) is 44.2 Å². The molecule has 0 aromatic heterocycles. The first-order chi connectivity index (χ1) is 10.7. The lowest BCUT2D eigenvalue weighted by atomic mass is 9.76. The molecular formula is C17H25NO4. The van der Waals surface area contributed by atoms with E-state index in [9.17, 15) is 5.11 Å². The molecule has 0 aliphatic carbocycles. The van der Waals surface area contributed by atoms with Crippen molar-refractivity contribution in [2.45, 2.75) is 13.0 Å². The number of benzene rings is 1. The number of aliphatic hydroxyl groups is 1. The lowest BCUT2D eigenvalue weighted by molar-refractivity contribution is -0.0561. The number of ether oxygens (including phenoxy) is 3. The van der Waals surface area contributed by atoms with Gasteiger partial charge in [0.25, 0.3) is 0 Å². The molecule has 22 heavy (non-hydrogen) atoms. The molecule has 2 atom stereocenters. The molecule has 1 aromatic carbocycles. The molecule has 122 valence electrons. The van der Waals surface area contributed by atoms with Crippen molar-refractivity contribution in [1.82, 2.24) is 4.90 Å². The number of rotatable bonds is 5. The van der Waals surface area contributed by atoms with E-state index in [0.29, 0.717) is 12.5 Å². The average molecular weight is 307 g/mol. The van der Waals surface area contributed by atoms with Gasteiger partial charge in [0.1, 0.15) is 0 Å². The van der Waals surface area contributed by atoms with Crippen LogP contribution in [0.4, 0.5) is 0 Å². The van der Waals surface area contributed by atoms with Crippen molar-refractivity contribution < 1.29 is 19.3 Å². The second kappa shape index (κ2) is 6.44. The van der Waals surface area contributed by atoms with Gasteiger partial charge in [-0.2, -0.15) is 0 Å². The molecule has 0 amide bonds. The molecule has 0 saturated carbocycles. The van der Waals surface area contributed by atoms with E-state index in [-0.39, 0.29) is 12.0 Å². The number of hydrogen-bond donors (Lipinski definition) is 1. The van der Waals surface area contributed by atoms with E-state index in [1.54, 1.807) is 14.2 Å². The summed E-state index contributed by atoms with van der Waals surface area (Å²) in [4.78, 5) is 2.41. The van der Waals surface area contributed by atoms with Crippen molar-refractivity contribution >= 4 is 0 Å². The van der Waals surface area contributed by atoms with Crippen LogP contribution in [0.1, 0.15) is 12.0 Å². The minimum absolute atomic E-state index is 0.0746. The summed E-state index contributed by atoms with van der Waals surface area (Å²) in [5, 5.41) is 9.84. The van der Waals surface area contributed by atoms with Crippen LogP contribution in [0.5, 0.6) is 11.5 Å². The highest BCUT2D eigenvalue weighted by molar-refractivity contribution is 5.42. The number of likely N-dealkylation sites (tertiary alicyclic amines) is 1. The second-order valence-corrected chi connectivity index (χ2v) is 6.42. The van der Waals surface area contributed by atoms with Crippen LogP contribution in [0.25, 0.3) is 0 Å². The molecule has 2 aliphatic rings. The molecule has 1 N–H and O–H groups in total. The predicted molar refractivity (Wildman–Crippen MR) is 83.3 cm³/mol. The van der Waals surface area contributed by atoms with Crippen LogP contribution in [-0.4, -0.2) is 57.1 Å². The molecule has 2 fully saturated rings. The van der Waals surface area contributed by atoms with E-state index in [1.165, 1.54) is 5.56 Å². The quantitative estimate of drug-likeness (QED) is 0.894. The predicted octanol–water partition coefficient (Wildman–Crippen LogP) is 1.53. The molecule has 5 heteroatoms. The maximum Gasteiger partial charge on any atom is 0.161 e. The average Bonchev–Trinajstić information content (AvgIpc) is 2.93. The van der Waals surface area contributed by atoms with Crippen LogP contribution in [0, 0.1) is 11.3 Å². The molecule has 0 spiro atoms. The van der Waals surface area contributed by atoms with Crippen LogP contribution < -0.4 is 9.47 Å². The smallest absolute Gasteiger partial charge is 0.161 e. The summed E-state index contributed by atoms with van der Waals surface area (Å²) in [6.45, 7) is 4.48. The van der Waals surface area contributed by atoms with Gasteiger partial charge in [0.15, 0.2) is 11.5 Å². The molecule has 2 saturated heterocycles. The van der Waals surface area contributed by atoms with E-state index in [2.05, 4.69) is 11.0 Å².